The minimum Gasteiger partial charge on any atom is -0.501 e. The summed E-state index contributed by atoms with van der Waals surface area (Å²) in [6.07, 6.45) is 5.63. The van der Waals surface area contributed by atoms with Crippen LogP contribution in [0.3, 0.4) is 0 Å². The van der Waals surface area contributed by atoms with Crippen molar-refractivity contribution in [2.24, 2.45) is 0 Å². The Labute approximate surface area is 136 Å². The summed E-state index contributed by atoms with van der Waals surface area (Å²) >= 11 is 1.75. The topological polar surface area (TPSA) is 42.4 Å². The van der Waals surface area contributed by atoms with Gasteiger partial charge in [-0.15, -0.1) is 11.3 Å². The van der Waals surface area contributed by atoms with Gasteiger partial charge in [0.15, 0.2) is 0 Å². The molecule has 0 N–H and O–H groups in total. The number of carbonyl (C=O) groups excluding carboxylic acids is 1. The fourth-order valence-corrected chi connectivity index (χ4v) is 4.15. The lowest BCUT2D eigenvalue weighted by atomic mass is 9.97. The molecule has 3 heterocycles. The van der Waals surface area contributed by atoms with Crippen LogP contribution < -0.4 is 0 Å². The van der Waals surface area contributed by atoms with Gasteiger partial charge in [-0.3, -0.25) is 4.79 Å². The zero-order valence-corrected chi connectivity index (χ0v) is 14.2. The van der Waals surface area contributed by atoms with E-state index in [0.717, 1.165) is 51.0 Å². The van der Waals surface area contributed by atoms with E-state index in [1.165, 1.54) is 10.7 Å². The van der Waals surface area contributed by atoms with Crippen molar-refractivity contribution in [3.63, 3.8) is 0 Å². The van der Waals surface area contributed by atoms with Gasteiger partial charge in [-0.05, 0) is 31.6 Å². The summed E-state index contributed by atoms with van der Waals surface area (Å²) in [7, 11) is 0. The van der Waals surface area contributed by atoms with Crippen LogP contribution in [0.1, 0.15) is 62.1 Å². The second kappa shape index (κ2) is 6.82. The molecule has 3 rings (SSSR count). The molecule has 0 bridgehead atoms. The van der Waals surface area contributed by atoms with Crippen molar-refractivity contribution in [2.75, 3.05) is 19.7 Å². The summed E-state index contributed by atoms with van der Waals surface area (Å²) in [6.45, 7) is 6.73. The number of carbonyl (C=O) groups is 1. The lowest BCUT2D eigenvalue weighted by Crippen LogP contribution is -2.40. The third kappa shape index (κ3) is 3.35. The predicted octanol–water partition coefficient (Wildman–Crippen LogP) is 3.67. The highest BCUT2D eigenvalue weighted by Gasteiger charge is 2.28. The van der Waals surface area contributed by atoms with Crippen LogP contribution in [0, 0.1) is 0 Å². The molecule has 1 saturated heterocycles. The molecule has 0 unspecified atom stereocenters. The Morgan fingerprint density at radius 1 is 1.45 bits per heavy atom. The molecule has 2 aliphatic heterocycles. The molecule has 0 spiro atoms. The Bertz CT molecular complexity index is 565. The van der Waals surface area contributed by atoms with E-state index < -0.39 is 0 Å². The number of hydrogen-bond donors (Lipinski definition) is 0. The van der Waals surface area contributed by atoms with Crippen LogP contribution in [0.25, 0.3) is 0 Å². The van der Waals surface area contributed by atoms with Crippen LogP contribution in [0.15, 0.2) is 17.2 Å². The fourth-order valence-electron chi connectivity index (χ4n) is 3.04. The number of amides is 1. The first-order valence-corrected chi connectivity index (χ1v) is 9.08. The van der Waals surface area contributed by atoms with Crippen LogP contribution in [0.2, 0.25) is 0 Å². The van der Waals surface area contributed by atoms with E-state index in [2.05, 4.69) is 19.2 Å². The maximum absolute atomic E-state index is 12.6. The van der Waals surface area contributed by atoms with Gasteiger partial charge in [0.25, 0.3) is 5.91 Å². The summed E-state index contributed by atoms with van der Waals surface area (Å²) in [5.74, 6) is 1.02. The molecule has 1 atom stereocenters. The number of likely N-dealkylation sites (tertiary alicyclic amines) is 1. The molecule has 1 fully saturated rings. The van der Waals surface area contributed by atoms with Crippen LogP contribution in [-0.2, 0) is 9.53 Å². The molecule has 0 aromatic carbocycles. The number of hydrogen-bond acceptors (Lipinski definition) is 4. The normalized spacial score (nSPS) is 22.4. The quantitative estimate of drug-likeness (QED) is 0.853. The molecular weight excluding hydrogens is 296 g/mol. The van der Waals surface area contributed by atoms with Crippen LogP contribution >= 0.6 is 11.3 Å². The number of piperidine rings is 1. The molecule has 2 aliphatic rings. The Balaban J connectivity index is 1.68. The van der Waals surface area contributed by atoms with Gasteiger partial charge in [-0.1, -0.05) is 13.8 Å². The first-order valence-electron chi connectivity index (χ1n) is 8.20. The molecule has 5 heteroatoms. The highest BCUT2D eigenvalue weighted by Crippen LogP contribution is 2.31. The number of nitrogens with zero attached hydrogens (tertiary/aromatic N) is 2. The first kappa shape index (κ1) is 15.5. The zero-order chi connectivity index (χ0) is 15.5. The molecule has 1 aromatic rings. The maximum Gasteiger partial charge on any atom is 0.252 e. The van der Waals surface area contributed by atoms with Crippen molar-refractivity contribution >= 4 is 17.2 Å². The van der Waals surface area contributed by atoms with Gasteiger partial charge in [0, 0.05) is 24.4 Å². The summed E-state index contributed by atoms with van der Waals surface area (Å²) in [4.78, 5) is 19.4. The maximum atomic E-state index is 12.6. The lowest BCUT2D eigenvalue weighted by Gasteiger charge is -2.32. The first-order chi connectivity index (χ1) is 10.6. The Morgan fingerprint density at radius 2 is 2.32 bits per heavy atom. The monoisotopic (exact) mass is 320 g/mol. The van der Waals surface area contributed by atoms with Gasteiger partial charge >= 0.3 is 0 Å². The molecular formula is C17H24N2O2S. The average molecular weight is 320 g/mol. The smallest absolute Gasteiger partial charge is 0.252 e. The van der Waals surface area contributed by atoms with E-state index in [1.54, 1.807) is 17.6 Å². The fraction of sp³-hybridized carbons (Fsp3) is 0.647. The van der Waals surface area contributed by atoms with Gasteiger partial charge in [-0.25, -0.2) is 4.98 Å². The van der Waals surface area contributed by atoms with Crippen LogP contribution in [0.4, 0.5) is 0 Å². The van der Waals surface area contributed by atoms with Gasteiger partial charge in [0.1, 0.15) is 0 Å². The van der Waals surface area contributed by atoms with Gasteiger partial charge in [0.05, 0.1) is 29.1 Å². The minimum atomic E-state index is 0.157. The van der Waals surface area contributed by atoms with Crippen molar-refractivity contribution in [2.45, 2.75) is 51.4 Å². The number of aromatic nitrogens is 1. The molecule has 120 valence electrons. The molecule has 4 nitrogen and oxygen atoms in total. The standard InChI is InChI=1S/C17H24N2O2S/c1-12(2)15-11-22-16(18-15)13-5-3-7-19(9-13)17(20)14-6-4-8-21-10-14/h10-13H,3-9H2,1-2H3/t13-/m1/s1. The Kier molecular flexibility index (Phi) is 4.81. The average Bonchev–Trinajstić information content (AvgIpc) is 3.05. The SMILES string of the molecule is CC(C)c1csc([C@@H]2CCCN(C(=O)C3=COCCC3)C2)n1. The molecule has 0 radical (unpaired) electrons. The molecule has 1 amide bonds. The predicted molar refractivity (Wildman–Crippen MR) is 88.0 cm³/mol. The molecule has 22 heavy (non-hydrogen) atoms. The number of thiazole rings is 1. The van der Waals surface area contributed by atoms with Gasteiger partial charge < -0.3 is 9.64 Å². The van der Waals surface area contributed by atoms with Gasteiger partial charge in [0.2, 0.25) is 0 Å². The van der Waals surface area contributed by atoms with E-state index in [9.17, 15) is 4.79 Å². The van der Waals surface area contributed by atoms with Crippen molar-refractivity contribution in [3.05, 3.63) is 27.9 Å². The Hall–Kier alpha value is -1.36. The number of ether oxygens (including phenoxy) is 1. The van der Waals surface area contributed by atoms with E-state index >= 15 is 0 Å². The van der Waals surface area contributed by atoms with Crippen molar-refractivity contribution in [1.82, 2.24) is 9.88 Å². The van der Waals surface area contributed by atoms with Gasteiger partial charge in [-0.2, -0.15) is 0 Å². The highest BCUT2D eigenvalue weighted by molar-refractivity contribution is 7.09. The van der Waals surface area contributed by atoms with Crippen molar-refractivity contribution < 1.29 is 9.53 Å². The zero-order valence-electron chi connectivity index (χ0n) is 13.4. The highest BCUT2D eigenvalue weighted by atomic mass is 32.1. The third-order valence-corrected chi connectivity index (χ3v) is 5.42. The largest absolute Gasteiger partial charge is 0.501 e. The second-order valence-corrected chi connectivity index (χ2v) is 7.36. The van der Waals surface area contributed by atoms with Crippen LogP contribution in [-0.4, -0.2) is 35.5 Å². The van der Waals surface area contributed by atoms with E-state index in [-0.39, 0.29) is 5.91 Å². The van der Waals surface area contributed by atoms with Crippen molar-refractivity contribution in [1.29, 1.82) is 0 Å². The summed E-state index contributed by atoms with van der Waals surface area (Å²) in [5, 5.41) is 3.35. The van der Waals surface area contributed by atoms with E-state index in [4.69, 9.17) is 9.72 Å². The van der Waals surface area contributed by atoms with Crippen molar-refractivity contribution in [3.8, 4) is 0 Å². The second-order valence-electron chi connectivity index (χ2n) is 6.47. The third-order valence-electron chi connectivity index (χ3n) is 4.40. The number of rotatable bonds is 3. The van der Waals surface area contributed by atoms with E-state index in [1.807, 2.05) is 4.90 Å². The van der Waals surface area contributed by atoms with Crippen LogP contribution in [0.5, 0.6) is 0 Å². The van der Waals surface area contributed by atoms with E-state index in [0.29, 0.717) is 11.8 Å². The lowest BCUT2D eigenvalue weighted by molar-refractivity contribution is -0.128. The molecule has 1 aromatic heterocycles. The summed E-state index contributed by atoms with van der Waals surface area (Å²) in [5.41, 5.74) is 2.00. The molecule has 0 saturated carbocycles. The molecule has 0 aliphatic carbocycles. The Morgan fingerprint density at radius 3 is 3.00 bits per heavy atom. The summed E-state index contributed by atoms with van der Waals surface area (Å²) in [6, 6.07) is 0. The minimum absolute atomic E-state index is 0.157. The summed E-state index contributed by atoms with van der Waals surface area (Å²) < 4.78 is 5.32.